The van der Waals surface area contributed by atoms with Crippen LogP contribution in [0.2, 0.25) is 0 Å². The summed E-state index contributed by atoms with van der Waals surface area (Å²) in [5.41, 5.74) is -0.305. The zero-order valence-corrected chi connectivity index (χ0v) is 17.4. The minimum absolute atomic E-state index is 0.126. The Labute approximate surface area is 173 Å². The number of hydrogen-bond acceptors (Lipinski definition) is 3. The number of hydrogen-bond donors (Lipinski definition) is 0. The van der Waals surface area contributed by atoms with Gasteiger partial charge in [-0.15, -0.1) is 0 Å². The molecule has 0 N–H and O–H groups in total. The number of thioether (sulfide) groups is 1. The van der Waals surface area contributed by atoms with Gasteiger partial charge in [0.25, 0.3) is 11.1 Å². The Kier molecular flexibility index (Phi) is 5.83. The molecule has 0 spiro atoms. The van der Waals surface area contributed by atoms with E-state index in [1.165, 1.54) is 24.3 Å². The summed E-state index contributed by atoms with van der Waals surface area (Å²) < 4.78 is 41.0. The van der Waals surface area contributed by atoms with E-state index in [0.29, 0.717) is 17.3 Å². The zero-order chi connectivity index (χ0) is 19.8. The Bertz CT molecular complexity index is 940. The average Bonchev–Trinajstić information content (AvgIpc) is 2.81. The Balaban J connectivity index is 1.89. The smallest absolute Gasteiger partial charge is 0.268 e. The molecule has 2 amide bonds. The van der Waals surface area contributed by atoms with Gasteiger partial charge >= 0.3 is 6.18 Å². The van der Waals surface area contributed by atoms with Crippen molar-refractivity contribution >= 4 is 60.8 Å². The van der Waals surface area contributed by atoms with Crippen LogP contribution in [0.25, 0.3) is 6.08 Å². The predicted octanol–water partition coefficient (Wildman–Crippen LogP) is 6.47. The number of imide groups is 1. The van der Waals surface area contributed by atoms with Crippen molar-refractivity contribution in [1.82, 2.24) is 4.90 Å². The van der Waals surface area contributed by atoms with Crippen LogP contribution in [0.15, 0.2) is 56.3 Å². The molecule has 3 rings (SSSR count). The summed E-state index contributed by atoms with van der Waals surface area (Å²) in [6.45, 7) is -0.431. The number of rotatable bonds is 3. The van der Waals surface area contributed by atoms with E-state index in [-0.39, 0.29) is 10.5 Å². The molecule has 0 atom stereocenters. The molecule has 9 heteroatoms. The van der Waals surface area contributed by atoms with Crippen LogP contribution in [0.5, 0.6) is 0 Å². The molecule has 0 bridgehead atoms. The molecule has 1 aliphatic rings. The maximum Gasteiger partial charge on any atom is 0.416 e. The third-order valence-electron chi connectivity index (χ3n) is 3.71. The number of benzene rings is 2. The summed E-state index contributed by atoms with van der Waals surface area (Å²) >= 11 is 7.38. The normalized spacial score (nSPS) is 16.5. The number of alkyl halides is 3. The van der Waals surface area contributed by atoms with Crippen LogP contribution >= 0.6 is 43.6 Å². The highest BCUT2D eigenvalue weighted by molar-refractivity contribution is 9.11. The Morgan fingerprint density at radius 1 is 1.04 bits per heavy atom. The Morgan fingerprint density at radius 3 is 2.30 bits per heavy atom. The van der Waals surface area contributed by atoms with E-state index in [2.05, 4.69) is 31.9 Å². The Hall–Kier alpha value is -1.58. The van der Waals surface area contributed by atoms with Crippen LogP contribution in [0, 0.1) is 0 Å². The molecule has 1 aliphatic heterocycles. The first-order valence-electron chi connectivity index (χ1n) is 7.52. The van der Waals surface area contributed by atoms with E-state index < -0.39 is 29.4 Å². The molecule has 2 aromatic rings. The fraction of sp³-hybridized carbons (Fsp3) is 0.111. The number of nitrogens with zero attached hydrogens (tertiary/aromatic N) is 1. The van der Waals surface area contributed by atoms with Gasteiger partial charge in [0.15, 0.2) is 0 Å². The van der Waals surface area contributed by atoms with E-state index in [1.807, 2.05) is 6.07 Å². The molecule has 0 aliphatic carbocycles. The maximum absolute atomic E-state index is 13.1. The van der Waals surface area contributed by atoms with E-state index in [1.54, 1.807) is 12.1 Å². The van der Waals surface area contributed by atoms with Gasteiger partial charge in [-0.05, 0) is 53.2 Å². The fourth-order valence-electron chi connectivity index (χ4n) is 2.55. The second-order valence-corrected chi connectivity index (χ2v) is 8.45. The summed E-state index contributed by atoms with van der Waals surface area (Å²) in [5, 5.41) is -0.600. The van der Waals surface area contributed by atoms with Crippen molar-refractivity contribution < 1.29 is 22.8 Å². The van der Waals surface area contributed by atoms with Gasteiger partial charge in [0.2, 0.25) is 0 Å². The second-order valence-electron chi connectivity index (χ2n) is 5.63. The average molecular weight is 521 g/mol. The SMILES string of the molecule is O=C1S/C(=C\c2cc(Br)cc(Br)c2)C(=O)N1Cc1ccccc1C(F)(F)F. The number of halogens is 5. The lowest BCUT2D eigenvalue weighted by molar-refractivity contribution is -0.139. The minimum atomic E-state index is -4.56. The van der Waals surface area contributed by atoms with Gasteiger partial charge in [0.1, 0.15) is 0 Å². The summed E-state index contributed by atoms with van der Waals surface area (Å²) in [6, 6.07) is 10.3. The van der Waals surface area contributed by atoms with Gasteiger partial charge < -0.3 is 0 Å². The summed E-state index contributed by atoms with van der Waals surface area (Å²) in [4.78, 5) is 25.8. The van der Waals surface area contributed by atoms with Crippen molar-refractivity contribution in [2.45, 2.75) is 12.7 Å². The van der Waals surface area contributed by atoms with Crippen LogP contribution in [-0.2, 0) is 17.5 Å². The molecule has 0 aromatic heterocycles. The van der Waals surface area contributed by atoms with Gasteiger partial charge in [0.05, 0.1) is 17.0 Å². The molecule has 27 heavy (non-hydrogen) atoms. The van der Waals surface area contributed by atoms with Gasteiger partial charge in [-0.3, -0.25) is 14.5 Å². The van der Waals surface area contributed by atoms with E-state index in [4.69, 9.17) is 0 Å². The van der Waals surface area contributed by atoms with Crippen molar-refractivity contribution in [2.75, 3.05) is 0 Å². The van der Waals surface area contributed by atoms with Crippen LogP contribution in [0.1, 0.15) is 16.7 Å². The van der Waals surface area contributed by atoms with Crippen molar-refractivity contribution in [3.8, 4) is 0 Å². The first kappa shape index (κ1) is 20.2. The highest BCUT2D eigenvalue weighted by Gasteiger charge is 2.38. The van der Waals surface area contributed by atoms with Crippen LogP contribution in [-0.4, -0.2) is 16.0 Å². The van der Waals surface area contributed by atoms with Crippen molar-refractivity contribution in [2.24, 2.45) is 0 Å². The first-order valence-corrected chi connectivity index (χ1v) is 9.92. The maximum atomic E-state index is 13.1. The van der Waals surface area contributed by atoms with Gasteiger partial charge in [-0.2, -0.15) is 13.2 Å². The van der Waals surface area contributed by atoms with Gasteiger partial charge in [-0.1, -0.05) is 50.1 Å². The molecule has 1 fully saturated rings. The van der Waals surface area contributed by atoms with Gasteiger partial charge in [0, 0.05) is 8.95 Å². The lowest BCUT2D eigenvalue weighted by atomic mass is 10.1. The predicted molar refractivity (Wildman–Crippen MR) is 105 cm³/mol. The van der Waals surface area contributed by atoms with Crippen molar-refractivity contribution in [3.63, 3.8) is 0 Å². The fourth-order valence-corrected chi connectivity index (χ4v) is 4.72. The standard InChI is InChI=1S/C18H10Br2F3NO2S/c19-12-5-10(6-13(20)8-12)7-15-16(25)24(17(26)27-15)9-11-3-1-2-4-14(11)18(21,22)23/h1-8H,9H2/b15-7-. The first-order chi connectivity index (χ1) is 12.6. The van der Waals surface area contributed by atoms with Crippen LogP contribution in [0.3, 0.4) is 0 Å². The quantitative estimate of drug-likeness (QED) is 0.435. The molecule has 0 saturated carbocycles. The molecule has 0 unspecified atom stereocenters. The molecule has 140 valence electrons. The molecule has 0 radical (unpaired) electrons. The van der Waals surface area contributed by atoms with Crippen molar-refractivity contribution in [1.29, 1.82) is 0 Å². The summed E-state index contributed by atoms with van der Waals surface area (Å²) in [6.07, 6.45) is -3.02. The highest BCUT2D eigenvalue weighted by Crippen LogP contribution is 2.37. The number of carbonyl (C=O) groups excluding carboxylic acids is 2. The van der Waals surface area contributed by atoms with Crippen LogP contribution < -0.4 is 0 Å². The molecule has 3 nitrogen and oxygen atoms in total. The number of amides is 2. The molecule has 1 heterocycles. The third-order valence-corrected chi connectivity index (χ3v) is 5.53. The Morgan fingerprint density at radius 2 is 1.67 bits per heavy atom. The molecule has 2 aromatic carbocycles. The summed E-state index contributed by atoms with van der Waals surface area (Å²) in [7, 11) is 0. The lowest BCUT2D eigenvalue weighted by Gasteiger charge is -2.17. The number of carbonyl (C=O) groups is 2. The van der Waals surface area contributed by atoms with Crippen LogP contribution in [0.4, 0.5) is 18.0 Å². The lowest BCUT2D eigenvalue weighted by Crippen LogP contribution is -2.28. The summed E-state index contributed by atoms with van der Waals surface area (Å²) in [5.74, 6) is -0.613. The third kappa shape index (κ3) is 4.64. The monoisotopic (exact) mass is 519 g/mol. The van der Waals surface area contributed by atoms with E-state index in [0.717, 1.165) is 19.9 Å². The topological polar surface area (TPSA) is 37.4 Å². The minimum Gasteiger partial charge on any atom is -0.268 e. The second kappa shape index (κ2) is 7.81. The van der Waals surface area contributed by atoms with Crippen molar-refractivity contribution in [3.05, 3.63) is 73.0 Å². The van der Waals surface area contributed by atoms with E-state index >= 15 is 0 Å². The molecular weight excluding hydrogens is 511 g/mol. The molecule has 1 saturated heterocycles. The molecular formula is C18H10Br2F3NO2S. The van der Waals surface area contributed by atoms with Gasteiger partial charge in [-0.25, -0.2) is 0 Å². The largest absolute Gasteiger partial charge is 0.416 e. The zero-order valence-electron chi connectivity index (χ0n) is 13.4. The highest BCUT2D eigenvalue weighted by atomic mass is 79.9. The van der Waals surface area contributed by atoms with E-state index in [9.17, 15) is 22.8 Å².